The molecule has 0 saturated carbocycles. The van der Waals surface area contributed by atoms with E-state index in [4.69, 9.17) is 4.55 Å². The Morgan fingerprint density at radius 1 is 1.47 bits per heavy atom. The number of likely N-dealkylation sites (tertiary alicyclic amines) is 1. The minimum absolute atomic E-state index is 0.000451. The lowest BCUT2D eigenvalue weighted by Gasteiger charge is -2.30. The third-order valence-electron chi connectivity index (χ3n) is 3.44. The standard InChI is InChI=1S/C11H21NO4S/c1-9-5-3-4-7-12(10(9)2)11(13)6-8-16-17(14)15/h9-10H,3-8H2,1-2H3,(H,14,15). The second-order valence-electron chi connectivity index (χ2n) is 4.59. The Labute approximate surface area is 105 Å². The number of rotatable bonds is 4. The van der Waals surface area contributed by atoms with E-state index in [1.165, 1.54) is 0 Å². The molecule has 0 aromatic carbocycles. The van der Waals surface area contributed by atoms with Gasteiger partial charge in [0.15, 0.2) is 0 Å². The van der Waals surface area contributed by atoms with Crippen molar-refractivity contribution in [2.24, 2.45) is 5.92 Å². The molecular weight excluding hydrogens is 242 g/mol. The summed E-state index contributed by atoms with van der Waals surface area (Å²) in [5.41, 5.74) is 0. The van der Waals surface area contributed by atoms with E-state index in [1.807, 2.05) is 4.90 Å². The molecule has 1 fully saturated rings. The summed E-state index contributed by atoms with van der Waals surface area (Å²) in [5.74, 6) is 0.519. The first-order valence-electron chi connectivity index (χ1n) is 6.06. The molecule has 17 heavy (non-hydrogen) atoms. The first-order chi connectivity index (χ1) is 8.02. The third kappa shape index (κ3) is 4.73. The number of hydrogen-bond donors (Lipinski definition) is 1. The van der Waals surface area contributed by atoms with Crippen LogP contribution in [0.2, 0.25) is 0 Å². The van der Waals surface area contributed by atoms with E-state index in [0.29, 0.717) is 5.92 Å². The van der Waals surface area contributed by atoms with Gasteiger partial charge in [-0.05, 0) is 25.7 Å². The maximum Gasteiger partial charge on any atom is 0.301 e. The van der Waals surface area contributed by atoms with Gasteiger partial charge >= 0.3 is 11.4 Å². The largest absolute Gasteiger partial charge is 0.340 e. The van der Waals surface area contributed by atoms with Crippen molar-refractivity contribution in [3.63, 3.8) is 0 Å². The predicted octanol–water partition coefficient (Wildman–Crippen LogP) is 1.57. The van der Waals surface area contributed by atoms with Gasteiger partial charge in [-0.15, -0.1) is 0 Å². The Morgan fingerprint density at radius 2 is 2.18 bits per heavy atom. The quantitative estimate of drug-likeness (QED) is 0.782. The van der Waals surface area contributed by atoms with E-state index in [-0.39, 0.29) is 25.0 Å². The highest BCUT2D eigenvalue weighted by Crippen LogP contribution is 2.22. The smallest absolute Gasteiger partial charge is 0.301 e. The summed E-state index contributed by atoms with van der Waals surface area (Å²) >= 11 is -2.28. The molecule has 0 bridgehead atoms. The Balaban J connectivity index is 2.45. The normalized spacial score (nSPS) is 27.6. The highest BCUT2D eigenvalue weighted by Gasteiger charge is 2.26. The van der Waals surface area contributed by atoms with Gasteiger partial charge in [0.05, 0.1) is 13.0 Å². The van der Waals surface area contributed by atoms with E-state index in [0.717, 1.165) is 25.8 Å². The highest BCUT2D eigenvalue weighted by atomic mass is 32.2. The van der Waals surface area contributed by atoms with Crippen LogP contribution in [-0.2, 0) is 20.3 Å². The molecule has 100 valence electrons. The minimum atomic E-state index is -2.28. The van der Waals surface area contributed by atoms with Crippen molar-refractivity contribution in [1.29, 1.82) is 0 Å². The van der Waals surface area contributed by atoms with Crippen molar-refractivity contribution in [3.8, 4) is 0 Å². The molecule has 3 atom stereocenters. The van der Waals surface area contributed by atoms with Gasteiger partial charge < -0.3 is 4.90 Å². The molecule has 5 nitrogen and oxygen atoms in total. The lowest BCUT2D eigenvalue weighted by Crippen LogP contribution is -2.41. The van der Waals surface area contributed by atoms with Gasteiger partial charge in [0.25, 0.3) is 0 Å². The van der Waals surface area contributed by atoms with E-state index in [9.17, 15) is 9.00 Å². The van der Waals surface area contributed by atoms with Crippen molar-refractivity contribution in [1.82, 2.24) is 4.90 Å². The Kier molecular flexibility index (Phi) is 6.08. The zero-order valence-corrected chi connectivity index (χ0v) is 11.2. The fourth-order valence-corrected chi connectivity index (χ4v) is 2.42. The first kappa shape index (κ1) is 14.6. The topological polar surface area (TPSA) is 66.8 Å². The SMILES string of the molecule is CC1CCCCN(C(=O)CCOS(=O)O)C1C. The molecule has 0 radical (unpaired) electrons. The van der Waals surface area contributed by atoms with Crippen LogP contribution in [-0.4, -0.2) is 38.8 Å². The van der Waals surface area contributed by atoms with E-state index < -0.39 is 11.4 Å². The van der Waals surface area contributed by atoms with E-state index >= 15 is 0 Å². The molecule has 1 saturated heterocycles. The van der Waals surface area contributed by atoms with E-state index in [1.54, 1.807) is 0 Å². The van der Waals surface area contributed by atoms with Gasteiger partial charge in [0.1, 0.15) is 0 Å². The fraction of sp³-hybridized carbons (Fsp3) is 0.909. The van der Waals surface area contributed by atoms with Crippen LogP contribution < -0.4 is 0 Å². The van der Waals surface area contributed by atoms with Crippen LogP contribution in [0.15, 0.2) is 0 Å². The van der Waals surface area contributed by atoms with Crippen LogP contribution in [0.3, 0.4) is 0 Å². The van der Waals surface area contributed by atoms with Crippen LogP contribution in [0, 0.1) is 5.92 Å². The molecular formula is C11H21NO4S. The number of nitrogens with zero attached hydrogens (tertiary/aromatic N) is 1. The fourth-order valence-electron chi connectivity index (χ4n) is 2.20. The van der Waals surface area contributed by atoms with Crippen LogP contribution in [0.5, 0.6) is 0 Å². The number of hydrogen-bond acceptors (Lipinski definition) is 3. The molecule has 1 aliphatic heterocycles. The van der Waals surface area contributed by atoms with Gasteiger partial charge in [-0.25, -0.2) is 0 Å². The molecule has 0 aliphatic carbocycles. The van der Waals surface area contributed by atoms with Gasteiger partial charge in [0, 0.05) is 12.6 Å². The Bertz CT molecular complexity index is 285. The first-order valence-corrected chi connectivity index (χ1v) is 7.09. The molecule has 1 amide bonds. The van der Waals surface area contributed by atoms with E-state index in [2.05, 4.69) is 18.0 Å². The molecule has 0 spiro atoms. The summed E-state index contributed by atoms with van der Waals surface area (Å²) in [7, 11) is 0. The van der Waals surface area contributed by atoms with Crippen molar-refractivity contribution >= 4 is 17.3 Å². The Hall–Kier alpha value is -0.460. The average Bonchev–Trinajstić information content (AvgIpc) is 2.42. The summed E-state index contributed by atoms with van der Waals surface area (Å²) in [5, 5.41) is 0. The van der Waals surface area contributed by atoms with Crippen LogP contribution in [0.25, 0.3) is 0 Å². The summed E-state index contributed by atoms with van der Waals surface area (Å²) in [6.45, 7) is 5.01. The van der Waals surface area contributed by atoms with Crippen molar-refractivity contribution in [3.05, 3.63) is 0 Å². The maximum absolute atomic E-state index is 12.0. The van der Waals surface area contributed by atoms with Crippen LogP contribution in [0.4, 0.5) is 0 Å². The Morgan fingerprint density at radius 3 is 2.82 bits per heavy atom. The molecule has 0 aromatic rings. The van der Waals surface area contributed by atoms with Crippen molar-refractivity contribution in [2.45, 2.75) is 45.6 Å². The van der Waals surface area contributed by atoms with Crippen LogP contribution >= 0.6 is 0 Å². The monoisotopic (exact) mass is 263 g/mol. The lowest BCUT2D eigenvalue weighted by molar-refractivity contribution is -0.134. The zero-order chi connectivity index (χ0) is 12.8. The summed E-state index contributed by atoms with van der Waals surface area (Å²) in [4.78, 5) is 13.8. The zero-order valence-electron chi connectivity index (χ0n) is 10.4. The molecule has 1 N–H and O–H groups in total. The van der Waals surface area contributed by atoms with Gasteiger partial charge in [-0.2, -0.15) is 4.21 Å². The average molecular weight is 263 g/mol. The summed E-state index contributed by atoms with van der Waals surface area (Å²) in [6.07, 6.45) is 3.52. The second kappa shape index (κ2) is 7.08. The summed E-state index contributed by atoms with van der Waals surface area (Å²) < 4.78 is 23.2. The minimum Gasteiger partial charge on any atom is -0.340 e. The van der Waals surface area contributed by atoms with Crippen LogP contribution in [0.1, 0.15) is 39.5 Å². The lowest BCUT2D eigenvalue weighted by atomic mass is 9.98. The van der Waals surface area contributed by atoms with Gasteiger partial charge in [0.2, 0.25) is 5.91 Å². The van der Waals surface area contributed by atoms with Gasteiger partial charge in [-0.1, -0.05) is 13.3 Å². The van der Waals surface area contributed by atoms with Crippen molar-refractivity contribution < 1.29 is 17.7 Å². The third-order valence-corrected chi connectivity index (χ3v) is 3.81. The highest BCUT2D eigenvalue weighted by molar-refractivity contribution is 7.74. The molecule has 3 unspecified atom stereocenters. The number of carbonyl (C=O) groups is 1. The molecule has 1 rings (SSSR count). The molecule has 0 aromatic heterocycles. The number of amides is 1. The number of carbonyl (C=O) groups excluding carboxylic acids is 1. The molecule has 6 heteroatoms. The maximum atomic E-state index is 12.0. The van der Waals surface area contributed by atoms with Gasteiger partial charge in [-0.3, -0.25) is 13.5 Å². The summed E-state index contributed by atoms with van der Waals surface area (Å²) in [6, 6.07) is 0.240. The predicted molar refractivity (Wildman–Crippen MR) is 65.5 cm³/mol. The van der Waals surface area contributed by atoms with Crippen molar-refractivity contribution in [2.75, 3.05) is 13.2 Å². The molecule has 1 heterocycles. The molecule has 1 aliphatic rings. The second-order valence-corrected chi connectivity index (χ2v) is 5.26.